The van der Waals surface area contributed by atoms with Crippen LogP contribution >= 0.6 is 11.3 Å². The first-order chi connectivity index (χ1) is 10.8. The summed E-state index contributed by atoms with van der Waals surface area (Å²) in [5.41, 5.74) is 3.08. The van der Waals surface area contributed by atoms with Crippen molar-refractivity contribution in [1.82, 2.24) is 9.97 Å². The van der Waals surface area contributed by atoms with Crippen molar-refractivity contribution in [2.45, 2.75) is 0 Å². The third-order valence-electron chi connectivity index (χ3n) is 3.55. The summed E-state index contributed by atoms with van der Waals surface area (Å²) in [5, 5.41) is 1.17. The van der Waals surface area contributed by atoms with E-state index in [0.29, 0.717) is 0 Å². The van der Waals surface area contributed by atoms with Gasteiger partial charge in [0.05, 0.1) is 0 Å². The number of fused-ring (bicyclic) bond motifs is 1. The van der Waals surface area contributed by atoms with Crippen molar-refractivity contribution in [3.8, 4) is 21.6 Å². The molecule has 4 rings (SSSR count). The Kier molecular flexibility index (Phi) is 3.16. The summed E-state index contributed by atoms with van der Waals surface area (Å²) in [5.74, 6) is -0.227. The molecule has 0 aliphatic rings. The molecule has 0 atom stereocenters. The van der Waals surface area contributed by atoms with Crippen LogP contribution in [-0.4, -0.2) is 9.97 Å². The molecule has 106 valence electrons. The van der Waals surface area contributed by atoms with Crippen molar-refractivity contribution in [3.63, 3.8) is 0 Å². The lowest BCUT2D eigenvalue weighted by Gasteiger charge is -2.04. The van der Waals surface area contributed by atoms with Crippen molar-refractivity contribution in [1.29, 1.82) is 0 Å². The second kappa shape index (κ2) is 5.31. The zero-order valence-corrected chi connectivity index (χ0v) is 12.3. The molecule has 0 N–H and O–H groups in total. The average molecular weight is 306 g/mol. The van der Waals surface area contributed by atoms with Crippen molar-refractivity contribution in [2.24, 2.45) is 0 Å². The average Bonchev–Trinajstić information content (AvgIpc) is 2.96. The number of rotatable bonds is 2. The van der Waals surface area contributed by atoms with Crippen molar-refractivity contribution in [2.75, 3.05) is 0 Å². The van der Waals surface area contributed by atoms with Gasteiger partial charge in [0.2, 0.25) is 0 Å². The first kappa shape index (κ1) is 13.1. The topological polar surface area (TPSA) is 25.8 Å². The lowest BCUT2D eigenvalue weighted by molar-refractivity contribution is 0.628. The molecule has 2 nitrogen and oxygen atoms in total. The lowest BCUT2D eigenvalue weighted by Crippen LogP contribution is -1.84. The molecule has 0 amide bonds. The molecule has 22 heavy (non-hydrogen) atoms. The van der Waals surface area contributed by atoms with Gasteiger partial charge in [0.25, 0.3) is 0 Å². The van der Waals surface area contributed by atoms with Gasteiger partial charge in [-0.15, -0.1) is 11.3 Å². The summed E-state index contributed by atoms with van der Waals surface area (Å²) in [6.45, 7) is 0. The zero-order chi connectivity index (χ0) is 14.9. The van der Waals surface area contributed by atoms with Crippen LogP contribution in [0, 0.1) is 5.82 Å². The highest BCUT2D eigenvalue weighted by molar-refractivity contribution is 7.23. The third-order valence-corrected chi connectivity index (χ3v) is 4.77. The predicted octanol–water partition coefficient (Wildman–Crippen LogP) is 5.16. The molecule has 0 spiro atoms. The van der Waals surface area contributed by atoms with Gasteiger partial charge in [0, 0.05) is 38.5 Å². The Balaban J connectivity index is 2.04. The summed E-state index contributed by atoms with van der Waals surface area (Å²) >= 11 is 1.70. The Morgan fingerprint density at radius 2 is 1.55 bits per heavy atom. The summed E-state index contributed by atoms with van der Waals surface area (Å²) in [4.78, 5) is 9.37. The van der Waals surface area contributed by atoms with Gasteiger partial charge in [-0.2, -0.15) is 0 Å². The second-order valence-electron chi connectivity index (χ2n) is 4.94. The van der Waals surface area contributed by atoms with E-state index in [4.69, 9.17) is 0 Å². The molecule has 2 aromatic carbocycles. The van der Waals surface area contributed by atoms with E-state index < -0.39 is 0 Å². The van der Waals surface area contributed by atoms with Gasteiger partial charge < -0.3 is 0 Å². The maximum Gasteiger partial charge on any atom is 0.123 e. The standard InChI is InChI=1S/C18H11FN2S/c19-14-7-5-12(6-8-14)18-17(13-9-20-11-21-10-13)15-3-1-2-4-16(15)22-18/h1-11H. The SMILES string of the molecule is Fc1ccc(-c2sc3ccccc3c2-c2cncnc2)cc1. The molecule has 0 saturated carbocycles. The van der Waals surface area contributed by atoms with Gasteiger partial charge in [0.15, 0.2) is 0 Å². The Morgan fingerprint density at radius 1 is 0.818 bits per heavy atom. The molecule has 0 aliphatic heterocycles. The first-order valence-electron chi connectivity index (χ1n) is 6.86. The normalized spacial score (nSPS) is 11.0. The highest BCUT2D eigenvalue weighted by Gasteiger charge is 2.15. The molecular formula is C18H11FN2S. The minimum absolute atomic E-state index is 0.227. The highest BCUT2D eigenvalue weighted by Crippen LogP contribution is 2.44. The quantitative estimate of drug-likeness (QED) is 0.511. The third kappa shape index (κ3) is 2.18. The van der Waals surface area contributed by atoms with Crippen molar-refractivity contribution >= 4 is 21.4 Å². The van der Waals surface area contributed by atoms with E-state index in [-0.39, 0.29) is 5.82 Å². The van der Waals surface area contributed by atoms with Crippen LogP contribution in [-0.2, 0) is 0 Å². The van der Waals surface area contributed by atoms with E-state index in [1.807, 2.05) is 36.7 Å². The fourth-order valence-corrected chi connectivity index (χ4v) is 3.80. The molecule has 0 aliphatic carbocycles. The second-order valence-corrected chi connectivity index (χ2v) is 5.99. The van der Waals surface area contributed by atoms with E-state index in [9.17, 15) is 4.39 Å². The fourth-order valence-electron chi connectivity index (χ4n) is 2.56. The molecule has 0 fully saturated rings. The molecule has 4 aromatic rings. The number of benzene rings is 2. The van der Waals surface area contributed by atoms with Gasteiger partial charge in [0.1, 0.15) is 12.1 Å². The van der Waals surface area contributed by atoms with Crippen LogP contribution in [0.2, 0.25) is 0 Å². The van der Waals surface area contributed by atoms with Crippen LogP contribution in [0.3, 0.4) is 0 Å². The minimum Gasteiger partial charge on any atom is -0.244 e. The number of hydrogen-bond acceptors (Lipinski definition) is 3. The van der Waals surface area contributed by atoms with E-state index in [1.54, 1.807) is 11.3 Å². The summed E-state index contributed by atoms with van der Waals surface area (Å²) in [6.07, 6.45) is 5.15. The van der Waals surface area contributed by atoms with Gasteiger partial charge >= 0.3 is 0 Å². The van der Waals surface area contributed by atoms with Crippen LogP contribution in [0.1, 0.15) is 0 Å². The monoisotopic (exact) mass is 306 g/mol. The van der Waals surface area contributed by atoms with E-state index in [1.165, 1.54) is 28.5 Å². The van der Waals surface area contributed by atoms with Crippen LogP contribution in [0.5, 0.6) is 0 Å². The Labute approximate surface area is 130 Å². The molecule has 2 heterocycles. The maximum absolute atomic E-state index is 13.2. The molecular weight excluding hydrogens is 295 g/mol. The van der Waals surface area contributed by atoms with Crippen LogP contribution in [0.25, 0.3) is 31.7 Å². The fraction of sp³-hybridized carbons (Fsp3) is 0. The maximum atomic E-state index is 13.2. The zero-order valence-electron chi connectivity index (χ0n) is 11.5. The highest BCUT2D eigenvalue weighted by atomic mass is 32.1. The molecule has 0 unspecified atom stereocenters. The van der Waals surface area contributed by atoms with Gasteiger partial charge in [-0.25, -0.2) is 14.4 Å². The Hall–Kier alpha value is -2.59. The lowest BCUT2D eigenvalue weighted by atomic mass is 10.0. The predicted molar refractivity (Wildman–Crippen MR) is 88.2 cm³/mol. The van der Waals surface area contributed by atoms with E-state index in [0.717, 1.165) is 21.6 Å². The number of aromatic nitrogens is 2. The largest absolute Gasteiger partial charge is 0.244 e. The number of hydrogen-bond donors (Lipinski definition) is 0. The minimum atomic E-state index is -0.227. The Morgan fingerprint density at radius 3 is 2.32 bits per heavy atom. The molecule has 4 heteroatoms. The van der Waals surface area contributed by atoms with Gasteiger partial charge in [-0.3, -0.25) is 0 Å². The first-order valence-corrected chi connectivity index (χ1v) is 7.67. The molecule has 0 radical (unpaired) electrons. The molecule has 2 aromatic heterocycles. The number of thiophene rings is 1. The molecule has 0 saturated heterocycles. The van der Waals surface area contributed by atoms with Crippen molar-refractivity contribution < 1.29 is 4.39 Å². The summed E-state index contributed by atoms with van der Waals surface area (Å²) < 4.78 is 14.4. The van der Waals surface area contributed by atoms with Crippen LogP contribution in [0.4, 0.5) is 4.39 Å². The van der Waals surface area contributed by atoms with E-state index in [2.05, 4.69) is 22.1 Å². The van der Waals surface area contributed by atoms with Gasteiger partial charge in [-0.1, -0.05) is 30.3 Å². The van der Waals surface area contributed by atoms with Gasteiger partial charge in [-0.05, 0) is 23.8 Å². The van der Waals surface area contributed by atoms with Crippen molar-refractivity contribution in [3.05, 3.63) is 73.1 Å². The Bertz CT molecular complexity index is 930. The summed E-state index contributed by atoms with van der Waals surface area (Å²) in [6, 6.07) is 14.9. The molecule has 0 bridgehead atoms. The van der Waals surface area contributed by atoms with E-state index >= 15 is 0 Å². The summed E-state index contributed by atoms with van der Waals surface area (Å²) in [7, 11) is 0. The number of halogens is 1. The van der Waals surface area contributed by atoms with Crippen LogP contribution < -0.4 is 0 Å². The smallest absolute Gasteiger partial charge is 0.123 e. The number of nitrogens with zero attached hydrogens (tertiary/aromatic N) is 2. The van der Waals surface area contributed by atoms with Crippen LogP contribution in [0.15, 0.2) is 67.3 Å².